The fourth-order valence-corrected chi connectivity index (χ4v) is 2.40. The maximum atomic E-state index is 12.2. The van der Waals surface area contributed by atoms with E-state index < -0.39 is 18.5 Å². The van der Waals surface area contributed by atoms with Crippen molar-refractivity contribution >= 4 is 11.9 Å². The molecular weight excluding hydrogens is 366 g/mol. The van der Waals surface area contributed by atoms with Crippen LogP contribution in [0.4, 0.5) is 0 Å². The van der Waals surface area contributed by atoms with Crippen LogP contribution in [-0.2, 0) is 9.53 Å². The number of benzene rings is 2. The van der Waals surface area contributed by atoms with Crippen LogP contribution in [0.15, 0.2) is 42.5 Å². The largest absolute Gasteiger partial charge is 0.493 e. The van der Waals surface area contributed by atoms with E-state index >= 15 is 0 Å². The van der Waals surface area contributed by atoms with Crippen LogP contribution in [0.5, 0.6) is 23.0 Å². The van der Waals surface area contributed by atoms with Crippen LogP contribution in [0, 0.1) is 0 Å². The minimum atomic E-state index is -0.684. The van der Waals surface area contributed by atoms with Crippen LogP contribution in [0.2, 0.25) is 0 Å². The Morgan fingerprint density at radius 1 is 0.857 bits per heavy atom. The highest BCUT2D eigenvalue weighted by Crippen LogP contribution is 2.31. The summed E-state index contributed by atoms with van der Waals surface area (Å²) in [6.07, 6.45) is 0. The van der Waals surface area contributed by atoms with Gasteiger partial charge in [0, 0.05) is 0 Å². The Labute approximate surface area is 163 Å². The number of para-hydroxylation sites is 3. The Balaban J connectivity index is 1.77. The van der Waals surface area contributed by atoms with Gasteiger partial charge in [0.05, 0.1) is 27.9 Å². The molecule has 0 saturated carbocycles. The molecule has 0 bridgehead atoms. The number of carbonyl (C=O) groups excluding carboxylic acids is 2. The summed E-state index contributed by atoms with van der Waals surface area (Å²) in [5, 5.41) is 2.61. The summed E-state index contributed by atoms with van der Waals surface area (Å²) >= 11 is 0. The number of rotatable bonds is 10. The Morgan fingerprint density at radius 3 is 2.21 bits per heavy atom. The highest BCUT2D eigenvalue weighted by molar-refractivity contribution is 5.94. The van der Waals surface area contributed by atoms with E-state index in [4.69, 9.17) is 23.7 Å². The number of carbonyl (C=O) groups is 2. The monoisotopic (exact) mass is 389 g/mol. The molecule has 0 saturated heterocycles. The van der Waals surface area contributed by atoms with E-state index in [0.29, 0.717) is 17.2 Å². The number of hydrogen-bond donors (Lipinski definition) is 1. The SMILES string of the molecule is COc1ccccc1OCCNC(=O)COC(=O)c1cccc(OC)c1OC. The van der Waals surface area contributed by atoms with Gasteiger partial charge >= 0.3 is 5.97 Å². The molecule has 0 aliphatic rings. The maximum Gasteiger partial charge on any atom is 0.342 e. The fraction of sp³-hybridized carbons (Fsp3) is 0.300. The molecule has 0 fully saturated rings. The molecule has 1 N–H and O–H groups in total. The summed E-state index contributed by atoms with van der Waals surface area (Å²) in [7, 11) is 4.44. The standard InChI is InChI=1S/C20H23NO7/c1-24-15-8-4-5-9-16(15)27-12-11-21-18(22)13-28-20(23)14-7-6-10-17(25-2)19(14)26-3/h4-10H,11-13H2,1-3H3,(H,21,22). The normalized spacial score (nSPS) is 9.96. The predicted octanol–water partition coefficient (Wildman–Crippen LogP) is 2.06. The van der Waals surface area contributed by atoms with Crippen molar-refractivity contribution in [3.63, 3.8) is 0 Å². The van der Waals surface area contributed by atoms with Crippen molar-refractivity contribution < 1.29 is 33.3 Å². The summed E-state index contributed by atoms with van der Waals surface area (Å²) < 4.78 is 26.1. The van der Waals surface area contributed by atoms with Crippen LogP contribution in [-0.4, -0.2) is 53.0 Å². The quantitative estimate of drug-likeness (QED) is 0.491. The zero-order chi connectivity index (χ0) is 20.4. The molecule has 1 amide bonds. The minimum Gasteiger partial charge on any atom is -0.493 e. The Hall–Kier alpha value is -3.42. The number of methoxy groups -OCH3 is 3. The smallest absolute Gasteiger partial charge is 0.342 e. The molecule has 8 nitrogen and oxygen atoms in total. The summed E-state index contributed by atoms with van der Waals surface area (Å²) in [6, 6.07) is 12.0. The van der Waals surface area contributed by atoms with Crippen molar-refractivity contribution in [2.24, 2.45) is 0 Å². The molecule has 8 heteroatoms. The molecule has 2 aromatic rings. The second kappa shape index (κ2) is 10.7. The van der Waals surface area contributed by atoms with Gasteiger partial charge in [0.1, 0.15) is 12.2 Å². The zero-order valence-corrected chi connectivity index (χ0v) is 16.0. The Kier molecular flexibility index (Phi) is 7.95. The van der Waals surface area contributed by atoms with Crippen molar-refractivity contribution in [2.45, 2.75) is 0 Å². The van der Waals surface area contributed by atoms with Gasteiger partial charge in [-0.1, -0.05) is 18.2 Å². The van der Waals surface area contributed by atoms with Crippen LogP contribution in [0.25, 0.3) is 0 Å². The summed E-state index contributed by atoms with van der Waals surface area (Å²) in [5.41, 5.74) is 0.175. The minimum absolute atomic E-state index is 0.175. The first-order chi connectivity index (χ1) is 13.6. The van der Waals surface area contributed by atoms with Crippen LogP contribution < -0.4 is 24.3 Å². The number of amides is 1. The summed E-state index contributed by atoms with van der Waals surface area (Å²) in [4.78, 5) is 24.1. The van der Waals surface area contributed by atoms with E-state index in [2.05, 4.69) is 5.32 Å². The van der Waals surface area contributed by atoms with Crippen LogP contribution >= 0.6 is 0 Å². The average molecular weight is 389 g/mol. The van der Waals surface area contributed by atoms with E-state index in [9.17, 15) is 9.59 Å². The van der Waals surface area contributed by atoms with Crippen LogP contribution in [0.3, 0.4) is 0 Å². The second-order valence-corrected chi connectivity index (χ2v) is 5.47. The summed E-state index contributed by atoms with van der Waals surface area (Å²) in [5.74, 6) is 0.705. The first kappa shape index (κ1) is 20.9. The number of nitrogens with one attached hydrogen (secondary N) is 1. The van der Waals surface area contributed by atoms with Crippen molar-refractivity contribution in [3.8, 4) is 23.0 Å². The molecule has 150 valence electrons. The van der Waals surface area contributed by atoms with Gasteiger partial charge in [-0.25, -0.2) is 4.79 Å². The topological polar surface area (TPSA) is 92.3 Å². The van der Waals surface area contributed by atoms with Gasteiger partial charge in [-0.3, -0.25) is 4.79 Å². The van der Waals surface area contributed by atoms with E-state index in [0.717, 1.165) is 0 Å². The fourth-order valence-electron chi connectivity index (χ4n) is 2.40. The van der Waals surface area contributed by atoms with E-state index in [-0.39, 0.29) is 24.5 Å². The molecule has 0 aromatic heterocycles. The third kappa shape index (κ3) is 5.54. The number of ether oxygens (including phenoxy) is 5. The first-order valence-corrected chi connectivity index (χ1v) is 8.51. The van der Waals surface area contributed by atoms with E-state index in [1.807, 2.05) is 12.1 Å². The number of hydrogen-bond acceptors (Lipinski definition) is 7. The lowest BCUT2D eigenvalue weighted by atomic mass is 10.2. The molecule has 0 heterocycles. The van der Waals surface area contributed by atoms with Crippen molar-refractivity contribution in [2.75, 3.05) is 41.1 Å². The van der Waals surface area contributed by atoms with Crippen molar-refractivity contribution in [1.82, 2.24) is 5.32 Å². The molecule has 0 aliphatic heterocycles. The molecule has 0 unspecified atom stereocenters. The Morgan fingerprint density at radius 2 is 1.54 bits per heavy atom. The molecular formula is C20H23NO7. The molecule has 2 aromatic carbocycles. The van der Waals surface area contributed by atoms with Crippen molar-refractivity contribution in [3.05, 3.63) is 48.0 Å². The van der Waals surface area contributed by atoms with Gasteiger partial charge in [-0.15, -0.1) is 0 Å². The second-order valence-electron chi connectivity index (χ2n) is 5.47. The van der Waals surface area contributed by atoms with Crippen molar-refractivity contribution in [1.29, 1.82) is 0 Å². The lowest BCUT2D eigenvalue weighted by Gasteiger charge is -2.12. The van der Waals surface area contributed by atoms with E-state index in [1.54, 1.807) is 31.4 Å². The lowest BCUT2D eigenvalue weighted by Crippen LogP contribution is -2.32. The first-order valence-electron chi connectivity index (χ1n) is 8.51. The molecule has 0 atom stereocenters. The highest BCUT2D eigenvalue weighted by atomic mass is 16.5. The maximum absolute atomic E-state index is 12.2. The average Bonchev–Trinajstić information content (AvgIpc) is 2.74. The number of esters is 1. The molecule has 28 heavy (non-hydrogen) atoms. The van der Waals surface area contributed by atoms with Gasteiger partial charge in [-0.2, -0.15) is 0 Å². The van der Waals surface area contributed by atoms with E-state index in [1.165, 1.54) is 20.3 Å². The molecule has 0 radical (unpaired) electrons. The third-order valence-electron chi connectivity index (χ3n) is 3.71. The van der Waals surface area contributed by atoms with Gasteiger partial charge in [0.25, 0.3) is 5.91 Å². The molecule has 2 rings (SSSR count). The third-order valence-corrected chi connectivity index (χ3v) is 3.71. The zero-order valence-electron chi connectivity index (χ0n) is 16.0. The van der Waals surface area contributed by atoms with Crippen LogP contribution in [0.1, 0.15) is 10.4 Å². The molecule has 0 spiro atoms. The van der Waals surface area contributed by atoms with Gasteiger partial charge in [0.2, 0.25) is 0 Å². The van der Waals surface area contributed by atoms with Gasteiger partial charge in [-0.05, 0) is 24.3 Å². The Bertz CT molecular complexity index is 807. The predicted molar refractivity (Wildman–Crippen MR) is 101 cm³/mol. The summed E-state index contributed by atoms with van der Waals surface area (Å²) in [6.45, 7) is 0.0640. The van der Waals surface area contributed by atoms with Gasteiger partial charge in [0.15, 0.2) is 29.6 Å². The highest BCUT2D eigenvalue weighted by Gasteiger charge is 2.18. The molecule has 0 aliphatic carbocycles. The lowest BCUT2D eigenvalue weighted by molar-refractivity contribution is -0.124. The van der Waals surface area contributed by atoms with Gasteiger partial charge < -0.3 is 29.0 Å².